The summed E-state index contributed by atoms with van der Waals surface area (Å²) in [5.41, 5.74) is 0.998. The van der Waals surface area contributed by atoms with Crippen LogP contribution in [0, 0.1) is 5.92 Å². The van der Waals surface area contributed by atoms with Crippen LogP contribution in [0.25, 0.3) is 0 Å². The van der Waals surface area contributed by atoms with Crippen LogP contribution in [0.1, 0.15) is 18.4 Å². The fourth-order valence-electron chi connectivity index (χ4n) is 2.54. The van der Waals surface area contributed by atoms with E-state index in [1.54, 1.807) is 12.4 Å². The van der Waals surface area contributed by atoms with Gasteiger partial charge in [0.2, 0.25) is 5.91 Å². The molecular formula is C14H21N3O. The standard InChI is InChI=1S/C14H21N3O/c1-15-9-13-5-3-7-17(11-13)14(18)8-12-4-2-6-16-10-12/h2,4,6,10,13,15H,3,5,7-9,11H2,1H3. The van der Waals surface area contributed by atoms with Crippen molar-refractivity contribution in [2.45, 2.75) is 19.3 Å². The summed E-state index contributed by atoms with van der Waals surface area (Å²) >= 11 is 0. The van der Waals surface area contributed by atoms with Crippen molar-refractivity contribution >= 4 is 5.91 Å². The fraction of sp³-hybridized carbons (Fsp3) is 0.571. The molecule has 2 rings (SSSR count). The summed E-state index contributed by atoms with van der Waals surface area (Å²) in [4.78, 5) is 18.2. The Morgan fingerprint density at radius 2 is 2.50 bits per heavy atom. The number of carbonyl (C=O) groups is 1. The minimum atomic E-state index is 0.226. The quantitative estimate of drug-likeness (QED) is 0.866. The number of aromatic nitrogens is 1. The van der Waals surface area contributed by atoms with E-state index in [2.05, 4.69) is 10.3 Å². The van der Waals surface area contributed by atoms with E-state index < -0.39 is 0 Å². The molecule has 4 heteroatoms. The Bertz CT molecular complexity index is 378. The zero-order chi connectivity index (χ0) is 12.8. The van der Waals surface area contributed by atoms with Crippen molar-refractivity contribution in [3.8, 4) is 0 Å². The van der Waals surface area contributed by atoms with Gasteiger partial charge < -0.3 is 10.2 Å². The molecule has 1 unspecified atom stereocenters. The van der Waals surface area contributed by atoms with Crippen LogP contribution in [-0.4, -0.2) is 42.5 Å². The Balaban J connectivity index is 1.88. The van der Waals surface area contributed by atoms with Crippen LogP contribution in [0.3, 0.4) is 0 Å². The lowest BCUT2D eigenvalue weighted by molar-refractivity contribution is -0.132. The topological polar surface area (TPSA) is 45.2 Å². The minimum Gasteiger partial charge on any atom is -0.342 e. The molecule has 1 saturated heterocycles. The number of nitrogens with zero attached hydrogens (tertiary/aromatic N) is 2. The Kier molecular flexibility index (Phi) is 4.70. The first kappa shape index (κ1) is 13.0. The van der Waals surface area contributed by atoms with Gasteiger partial charge >= 0.3 is 0 Å². The number of nitrogens with one attached hydrogen (secondary N) is 1. The van der Waals surface area contributed by atoms with Crippen molar-refractivity contribution in [3.63, 3.8) is 0 Å². The predicted molar refractivity (Wildman–Crippen MR) is 71.2 cm³/mol. The molecule has 1 aromatic rings. The molecule has 0 aromatic carbocycles. The maximum atomic E-state index is 12.2. The predicted octanol–water partition coefficient (Wildman–Crippen LogP) is 1.08. The summed E-state index contributed by atoms with van der Waals surface area (Å²) in [5.74, 6) is 0.824. The Morgan fingerprint density at radius 1 is 1.61 bits per heavy atom. The molecule has 1 aliphatic rings. The van der Waals surface area contributed by atoms with Crippen LogP contribution in [0.5, 0.6) is 0 Å². The third-order valence-corrected chi connectivity index (χ3v) is 3.44. The second kappa shape index (κ2) is 6.50. The van der Waals surface area contributed by atoms with Gasteiger partial charge in [0.25, 0.3) is 0 Å². The van der Waals surface area contributed by atoms with E-state index in [4.69, 9.17) is 0 Å². The van der Waals surface area contributed by atoms with E-state index in [1.807, 2.05) is 24.1 Å². The lowest BCUT2D eigenvalue weighted by atomic mass is 9.97. The molecule has 1 aliphatic heterocycles. The van der Waals surface area contributed by atoms with Crippen LogP contribution in [0.4, 0.5) is 0 Å². The molecule has 4 nitrogen and oxygen atoms in total. The van der Waals surface area contributed by atoms with Gasteiger partial charge in [-0.05, 0) is 44.0 Å². The van der Waals surface area contributed by atoms with Crippen LogP contribution in [0.15, 0.2) is 24.5 Å². The van der Waals surface area contributed by atoms with Crippen LogP contribution in [0.2, 0.25) is 0 Å². The molecule has 0 saturated carbocycles. The Labute approximate surface area is 108 Å². The number of amides is 1. The van der Waals surface area contributed by atoms with E-state index >= 15 is 0 Å². The molecule has 1 atom stereocenters. The van der Waals surface area contributed by atoms with Crippen molar-refractivity contribution in [1.82, 2.24) is 15.2 Å². The molecule has 1 fully saturated rings. The van der Waals surface area contributed by atoms with Gasteiger partial charge in [-0.2, -0.15) is 0 Å². The van der Waals surface area contributed by atoms with Gasteiger partial charge in [0, 0.05) is 25.5 Å². The summed E-state index contributed by atoms with van der Waals surface area (Å²) in [6.45, 7) is 2.79. The third-order valence-electron chi connectivity index (χ3n) is 3.44. The normalized spacial score (nSPS) is 19.8. The number of carbonyl (C=O) groups excluding carboxylic acids is 1. The average molecular weight is 247 g/mol. The van der Waals surface area contributed by atoms with Gasteiger partial charge in [-0.25, -0.2) is 0 Å². The lowest BCUT2D eigenvalue weighted by Crippen LogP contribution is -2.43. The monoisotopic (exact) mass is 247 g/mol. The number of rotatable bonds is 4. The van der Waals surface area contributed by atoms with Gasteiger partial charge in [-0.15, -0.1) is 0 Å². The van der Waals surface area contributed by atoms with E-state index in [1.165, 1.54) is 6.42 Å². The minimum absolute atomic E-state index is 0.226. The van der Waals surface area contributed by atoms with E-state index in [-0.39, 0.29) is 5.91 Å². The summed E-state index contributed by atoms with van der Waals surface area (Å²) in [7, 11) is 1.97. The third kappa shape index (κ3) is 3.53. The maximum absolute atomic E-state index is 12.2. The van der Waals surface area contributed by atoms with Gasteiger partial charge in [-0.3, -0.25) is 9.78 Å². The highest BCUT2D eigenvalue weighted by Gasteiger charge is 2.22. The Hall–Kier alpha value is -1.42. The van der Waals surface area contributed by atoms with Gasteiger partial charge in [0.1, 0.15) is 0 Å². The molecular weight excluding hydrogens is 226 g/mol. The zero-order valence-electron chi connectivity index (χ0n) is 10.9. The van der Waals surface area contributed by atoms with Crippen molar-refractivity contribution < 1.29 is 4.79 Å². The van der Waals surface area contributed by atoms with Gasteiger partial charge in [-0.1, -0.05) is 6.07 Å². The molecule has 1 aromatic heterocycles. The largest absolute Gasteiger partial charge is 0.342 e. The Morgan fingerprint density at radius 3 is 3.22 bits per heavy atom. The summed E-state index contributed by atoms with van der Waals surface area (Å²) in [6.07, 6.45) is 6.31. The zero-order valence-corrected chi connectivity index (χ0v) is 10.9. The summed E-state index contributed by atoms with van der Waals surface area (Å²) < 4.78 is 0. The smallest absolute Gasteiger partial charge is 0.227 e. The van der Waals surface area contributed by atoms with Crippen LogP contribution >= 0.6 is 0 Å². The van der Waals surface area contributed by atoms with Crippen LogP contribution in [-0.2, 0) is 11.2 Å². The molecule has 1 N–H and O–H groups in total. The number of hydrogen-bond donors (Lipinski definition) is 1. The first-order chi connectivity index (χ1) is 8.79. The molecule has 2 heterocycles. The highest BCUT2D eigenvalue weighted by molar-refractivity contribution is 5.78. The van der Waals surface area contributed by atoms with Crippen molar-refractivity contribution in [1.29, 1.82) is 0 Å². The average Bonchev–Trinajstić information content (AvgIpc) is 2.40. The van der Waals surface area contributed by atoms with Gasteiger partial charge in [0.05, 0.1) is 6.42 Å². The maximum Gasteiger partial charge on any atom is 0.227 e. The molecule has 0 aliphatic carbocycles. The highest BCUT2D eigenvalue weighted by atomic mass is 16.2. The SMILES string of the molecule is CNCC1CCCN(C(=O)Cc2cccnc2)C1. The lowest BCUT2D eigenvalue weighted by Gasteiger charge is -2.32. The number of hydrogen-bond acceptors (Lipinski definition) is 3. The molecule has 18 heavy (non-hydrogen) atoms. The fourth-order valence-corrected chi connectivity index (χ4v) is 2.54. The number of likely N-dealkylation sites (tertiary alicyclic amines) is 1. The molecule has 0 spiro atoms. The second-order valence-electron chi connectivity index (χ2n) is 4.94. The van der Waals surface area contributed by atoms with Crippen LogP contribution < -0.4 is 5.32 Å². The second-order valence-corrected chi connectivity index (χ2v) is 4.94. The molecule has 0 bridgehead atoms. The molecule has 1 amide bonds. The molecule has 0 radical (unpaired) electrons. The van der Waals surface area contributed by atoms with Crippen molar-refractivity contribution in [2.24, 2.45) is 5.92 Å². The summed E-state index contributed by atoms with van der Waals surface area (Å²) in [5, 5.41) is 3.20. The highest BCUT2D eigenvalue weighted by Crippen LogP contribution is 2.16. The number of pyridine rings is 1. The summed E-state index contributed by atoms with van der Waals surface area (Å²) in [6, 6.07) is 3.84. The van der Waals surface area contributed by atoms with Crippen molar-refractivity contribution in [2.75, 3.05) is 26.7 Å². The van der Waals surface area contributed by atoms with Gasteiger partial charge in [0.15, 0.2) is 0 Å². The first-order valence-corrected chi connectivity index (χ1v) is 6.61. The van der Waals surface area contributed by atoms with E-state index in [0.717, 1.165) is 31.6 Å². The molecule has 98 valence electrons. The van der Waals surface area contributed by atoms with E-state index in [0.29, 0.717) is 12.3 Å². The van der Waals surface area contributed by atoms with E-state index in [9.17, 15) is 4.79 Å². The first-order valence-electron chi connectivity index (χ1n) is 6.61. The number of piperidine rings is 1. The van der Waals surface area contributed by atoms with Crippen molar-refractivity contribution in [3.05, 3.63) is 30.1 Å².